The van der Waals surface area contributed by atoms with Crippen molar-refractivity contribution < 1.29 is 4.74 Å². The first-order valence-corrected chi connectivity index (χ1v) is 6.90. The molecule has 0 aromatic heterocycles. The van der Waals surface area contributed by atoms with E-state index in [2.05, 4.69) is 52.0 Å². The van der Waals surface area contributed by atoms with Crippen molar-refractivity contribution in [3.8, 4) is 0 Å². The summed E-state index contributed by atoms with van der Waals surface area (Å²) in [6.07, 6.45) is 2.75. The molecular formula is C14H32N2O. The monoisotopic (exact) mass is 244 g/mol. The Bertz CT molecular complexity index is 181. The van der Waals surface area contributed by atoms with E-state index in [1.54, 1.807) is 7.11 Å². The van der Waals surface area contributed by atoms with Crippen molar-refractivity contribution in [1.29, 1.82) is 0 Å². The molecule has 0 radical (unpaired) electrons. The fraction of sp³-hybridized carbons (Fsp3) is 1.00. The third-order valence-electron chi connectivity index (χ3n) is 3.98. The summed E-state index contributed by atoms with van der Waals surface area (Å²) in [4.78, 5) is 2.34. The summed E-state index contributed by atoms with van der Waals surface area (Å²) in [6, 6.07) is 1.01. The summed E-state index contributed by atoms with van der Waals surface area (Å²) in [7, 11) is 6.12. The lowest BCUT2D eigenvalue weighted by molar-refractivity contribution is 0.0829. The van der Waals surface area contributed by atoms with Gasteiger partial charge in [0.25, 0.3) is 0 Å². The van der Waals surface area contributed by atoms with E-state index in [9.17, 15) is 0 Å². The van der Waals surface area contributed by atoms with Gasteiger partial charge in [-0.15, -0.1) is 0 Å². The molecule has 0 spiro atoms. The molecule has 0 fully saturated rings. The largest absolute Gasteiger partial charge is 0.380 e. The van der Waals surface area contributed by atoms with Crippen LogP contribution in [0.1, 0.15) is 40.5 Å². The van der Waals surface area contributed by atoms with Crippen LogP contribution in [0.3, 0.4) is 0 Å². The molecule has 0 saturated carbocycles. The Morgan fingerprint density at radius 3 is 2.00 bits per heavy atom. The lowest BCUT2D eigenvalue weighted by Crippen LogP contribution is -2.47. The van der Waals surface area contributed by atoms with E-state index in [1.807, 2.05) is 0 Å². The highest BCUT2D eigenvalue weighted by atomic mass is 16.5. The Morgan fingerprint density at radius 2 is 1.65 bits per heavy atom. The molecule has 104 valence electrons. The molecule has 0 amide bonds. The summed E-state index contributed by atoms with van der Waals surface area (Å²) in [5, 5.41) is 3.60. The Morgan fingerprint density at radius 1 is 1.12 bits per heavy atom. The molecule has 1 N–H and O–H groups in total. The fourth-order valence-corrected chi connectivity index (χ4v) is 2.28. The quantitative estimate of drug-likeness (QED) is 0.674. The smallest absolute Gasteiger partial charge is 0.0693 e. The second-order valence-electron chi connectivity index (χ2n) is 5.25. The van der Waals surface area contributed by atoms with Crippen LogP contribution in [0.15, 0.2) is 0 Å². The number of hydrogen-bond donors (Lipinski definition) is 1. The second-order valence-corrected chi connectivity index (χ2v) is 5.25. The van der Waals surface area contributed by atoms with Gasteiger partial charge >= 0.3 is 0 Å². The zero-order valence-corrected chi connectivity index (χ0v) is 12.8. The number of hydrogen-bond acceptors (Lipinski definition) is 3. The van der Waals surface area contributed by atoms with Crippen LogP contribution in [-0.2, 0) is 4.74 Å². The Kier molecular flexibility index (Phi) is 8.83. The van der Waals surface area contributed by atoms with Crippen molar-refractivity contribution in [1.82, 2.24) is 10.2 Å². The molecule has 0 heterocycles. The van der Waals surface area contributed by atoms with Gasteiger partial charge in [-0.05, 0) is 33.9 Å². The molecule has 3 unspecified atom stereocenters. The average molecular weight is 244 g/mol. The van der Waals surface area contributed by atoms with E-state index in [0.29, 0.717) is 12.1 Å². The number of methoxy groups -OCH3 is 1. The standard InChI is InChI=1S/C14H32N2O/c1-8-13(9-2)14(16(5)6)10-15-11(3)12(4)17-7/h11-15H,8-10H2,1-7H3. The first-order chi connectivity index (χ1) is 7.97. The molecule has 0 bridgehead atoms. The minimum Gasteiger partial charge on any atom is -0.380 e. The maximum Gasteiger partial charge on any atom is 0.0693 e. The maximum atomic E-state index is 5.34. The summed E-state index contributed by atoms with van der Waals surface area (Å²) < 4.78 is 5.34. The van der Waals surface area contributed by atoms with E-state index in [1.165, 1.54) is 12.8 Å². The number of nitrogens with one attached hydrogen (secondary N) is 1. The second kappa shape index (κ2) is 8.90. The van der Waals surface area contributed by atoms with Crippen molar-refractivity contribution in [3.63, 3.8) is 0 Å². The molecule has 0 saturated heterocycles. The molecule has 3 heteroatoms. The van der Waals surface area contributed by atoms with E-state index in [0.717, 1.165) is 12.5 Å². The van der Waals surface area contributed by atoms with Crippen molar-refractivity contribution >= 4 is 0 Å². The van der Waals surface area contributed by atoms with Crippen LogP contribution in [0.5, 0.6) is 0 Å². The first kappa shape index (κ1) is 16.9. The van der Waals surface area contributed by atoms with Crippen molar-refractivity contribution in [3.05, 3.63) is 0 Å². The van der Waals surface area contributed by atoms with Crippen LogP contribution in [0, 0.1) is 5.92 Å². The maximum absolute atomic E-state index is 5.34. The predicted octanol–water partition coefficient (Wildman–Crippen LogP) is 2.37. The van der Waals surface area contributed by atoms with Gasteiger partial charge in [0.2, 0.25) is 0 Å². The van der Waals surface area contributed by atoms with E-state index < -0.39 is 0 Å². The van der Waals surface area contributed by atoms with Gasteiger partial charge in [0.15, 0.2) is 0 Å². The molecule has 0 aliphatic heterocycles. The van der Waals surface area contributed by atoms with Gasteiger partial charge in [-0.25, -0.2) is 0 Å². The number of likely N-dealkylation sites (N-methyl/N-ethyl adjacent to an activating group) is 1. The normalized spacial score (nSPS) is 17.5. The highest BCUT2D eigenvalue weighted by Crippen LogP contribution is 2.16. The minimum absolute atomic E-state index is 0.263. The molecular weight excluding hydrogens is 212 g/mol. The number of ether oxygens (including phenoxy) is 1. The Hall–Kier alpha value is -0.120. The van der Waals surface area contributed by atoms with Crippen molar-refractivity contribution in [2.45, 2.75) is 58.7 Å². The fourth-order valence-electron chi connectivity index (χ4n) is 2.28. The van der Waals surface area contributed by atoms with Gasteiger partial charge in [-0.3, -0.25) is 0 Å². The van der Waals surface area contributed by atoms with Gasteiger partial charge in [0.05, 0.1) is 6.10 Å². The molecule has 0 aliphatic carbocycles. The average Bonchev–Trinajstić information content (AvgIpc) is 2.32. The van der Waals surface area contributed by atoms with Crippen LogP contribution in [-0.4, -0.2) is 50.8 Å². The predicted molar refractivity (Wildman–Crippen MR) is 75.5 cm³/mol. The SMILES string of the molecule is CCC(CC)C(CNC(C)C(C)OC)N(C)C. The van der Waals surface area contributed by atoms with Crippen molar-refractivity contribution in [2.75, 3.05) is 27.7 Å². The third-order valence-corrected chi connectivity index (χ3v) is 3.98. The van der Waals surface area contributed by atoms with Gasteiger partial charge < -0.3 is 15.0 Å². The van der Waals surface area contributed by atoms with E-state index in [-0.39, 0.29) is 6.10 Å². The molecule has 3 atom stereocenters. The molecule has 0 aliphatic rings. The molecule has 0 aromatic carbocycles. The molecule has 17 heavy (non-hydrogen) atoms. The lowest BCUT2D eigenvalue weighted by atomic mass is 9.93. The van der Waals surface area contributed by atoms with Crippen LogP contribution in [0.2, 0.25) is 0 Å². The Balaban J connectivity index is 4.26. The number of rotatable bonds is 9. The van der Waals surface area contributed by atoms with Gasteiger partial charge in [0.1, 0.15) is 0 Å². The van der Waals surface area contributed by atoms with Crippen LogP contribution >= 0.6 is 0 Å². The molecule has 0 rings (SSSR count). The summed E-state index contributed by atoms with van der Waals surface area (Å²) in [5.74, 6) is 0.766. The molecule has 0 aromatic rings. The van der Waals surface area contributed by atoms with Crippen LogP contribution < -0.4 is 5.32 Å². The third kappa shape index (κ3) is 5.84. The van der Waals surface area contributed by atoms with Gasteiger partial charge in [-0.2, -0.15) is 0 Å². The highest BCUT2D eigenvalue weighted by molar-refractivity contribution is 4.79. The number of nitrogens with zero attached hydrogens (tertiary/aromatic N) is 1. The first-order valence-electron chi connectivity index (χ1n) is 6.90. The minimum atomic E-state index is 0.263. The Labute approximate surface area is 108 Å². The topological polar surface area (TPSA) is 24.5 Å². The van der Waals surface area contributed by atoms with Gasteiger partial charge in [-0.1, -0.05) is 26.7 Å². The summed E-state index contributed by atoms with van der Waals surface area (Å²) in [6.45, 7) is 9.90. The zero-order chi connectivity index (χ0) is 13.4. The van der Waals surface area contributed by atoms with Crippen LogP contribution in [0.25, 0.3) is 0 Å². The molecule has 3 nitrogen and oxygen atoms in total. The van der Waals surface area contributed by atoms with E-state index in [4.69, 9.17) is 4.74 Å². The van der Waals surface area contributed by atoms with Gasteiger partial charge in [0, 0.05) is 25.7 Å². The highest BCUT2D eigenvalue weighted by Gasteiger charge is 2.21. The zero-order valence-electron chi connectivity index (χ0n) is 12.8. The lowest BCUT2D eigenvalue weighted by Gasteiger charge is -2.33. The van der Waals surface area contributed by atoms with E-state index >= 15 is 0 Å². The van der Waals surface area contributed by atoms with Crippen LogP contribution in [0.4, 0.5) is 0 Å². The summed E-state index contributed by atoms with van der Waals surface area (Å²) >= 11 is 0. The summed E-state index contributed by atoms with van der Waals surface area (Å²) in [5.41, 5.74) is 0. The van der Waals surface area contributed by atoms with Crippen molar-refractivity contribution in [2.24, 2.45) is 5.92 Å².